The van der Waals surface area contributed by atoms with Crippen molar-refractivity contribution in [2.24, 2.45) is 0 Å². The average Bonchev–Trinajstić information content (AvgIpc) is 2.97. The summed E-state index contributed by atoms with van der Waals surface area (Å²) in [6.45, 7) is 2.94. The Hall–Kier alpha value is -1.42. The van der Waals surface area contributed by atoms with Gasteiger partial charge in [-0.15, -0.1) is 11.3 Å². The topological polar surface area (TPSA) is 33.2 Å². The first-order valence-electron chi connectivity index (χ1n) is 8.42. The van der Waals surface area contributed by atoms with E-state index in [1.165, 1.54) is 36.8 Å². The van der Waals surface area contributed by atoms with E-state index >= 15 is 0 Å². The van der Waals surface area contributed by atoms with Crippen LogP contribution in [0.2, 0.25) is 0 Å². The second-order valence-electron chi connectivity index (χ2n) is 6.05. The maximum atomic E-state index is 12.6. The van der Waals surface area contributed by atoms with E-state index in [-0.39, 0.29) is 0 Å². The van der Waals surface area contributed by atoms with E-state index in [0.29, 0.717) is 18.4 Å². The van der Waals surface area contributed by atoms with Crippen LogP contribution < -0.4 is 0 Å². The quantitative estimate of drug-likeness (QED) is 0.818. The number of thiazole rings is 1. The smallest absolute Gasteiger partial charge is 0.223 e. The zero-order valence-corrected chi connectivity index (χ0v) is 14.1. The van der Waals surface area contributed by atoms with Gasteiger partial charge in [-0.2, -0.15) is 0 Å². The molecule has 0 spiro atoms. The standard InChI is InChI=1S/C18H24N2OS/c1-2-20(14-8-4-3-5-9-14)18(21)13-12-17-19-15-10-6-7-11-16(15)22-17/h6-7,10-11,14H,2-5,8-9,12-13H2,1H3. The molecule has 1 amide bonds. The summed E-state index contributed by atoms with van der Waals surface area (Å²) in [5.74, 6) is 0.300. The lowest BCUT2D eigenvalue weighted by molar-refractivity contribution is -0.133. The first-order valence-corrected chi connectivity index (χ1v) is 9.23. The molecule has 0 bridgehead atoms. The highest BCUT2D eigenvalue weighted by Gasteiger charge is 2.23. The number of benzene rings is 1. The van der Waals surface area contributed by atoms with Crippen LogP contribution in [0.4, 0.5) is 0 Å². The maximum absolute atomic E-state index is 12.6. The fraction of sp³-hybridized carbons (Fsp3) is 0.556. The second kappa shape index (κ2) is 7.23. The van der Waals surface area contributed by atoms with Crippen molar-refractivity contribution in [3.8, 4) is 0 Å². The van der Waals surface area contributed by atoms with E-state index in [2.05, 4.69) is 22.9 Å². The zero-order valence-electron chi connectivity index (χ0n) is 13.3. The summed E-state index contributed by atoms with van der Waals surface area (Å²) in [6, 6.07) is 8.66. The molecule has 0 atom stereocenters. The number of carbonyl (C=O) groups is 1. The number of aryl methyl sites for hydroxylation is 1. The highest BCUT2D eigenvalue weighted by Crippen LogP contribution is 2.25. The van der Waals surface area contributed by atoms with Crippen molar-refractivity contribution < 1.29 is 4.79 Å². The van der Waals surface area contributed by atoms with Crippen molar-refractivity contribution >= 4 is 27.5 Å². The first kappa shape index (κ1) is 15.5. The van der Waals surface area contributed by atoms with Crippen molar-refractivity contribution in [2.75, 3.05) is 6.54 Å². The summed E-state index contributed by atoms with van der Waals surface area (Å²) >= 11 is 1.71. The van der Waals surface area contributed by atoms with E-state index in [1.54, 1.807) is 11.3 Å². The molecule has 1 fully saturated rings. The lowest BCUT2D eigenvalue weighted by Crippen LogP contribution is -2.41. The van der Waals surface area contributed by atoms with Gasteiger partial charge in [-0.1, -0.05) is 31.4 Å². The van der Waals surface area contributed by atoms with Gasteiger partial charge in [-0.05, 0) is 31.9 Å². The monoisotopic (exact) mass is 316 g/mol. The SMILES string of the molecule is CCN(C(=O)CCc1nc2ccccc2s1)C1CCCCC1. The van der Waals surface area contributed by atoms with Gasteiger partial charge < -0.3 is 4.90 Å². The van der Waals surface area contributed by atoms with Crippen molar-refractivity contribution in [3.05, 3.63) is 29.3 Å². The predicted molar refractivity (Wildman–Crippen MR) is 92.2 cm³/mol. The van der Waals surface area contributed by atoms with E-state index in [0.717, 1.165) is 23.5 Å². The molecular weight excluding hydrogens is 292 g/mol. The molecule has 2 aromatic rings. The molecule has 22 heavy (non-hydrogen) atoms. The molecule has 1 saturated carbocycles. The molecule has 1 aromatic heterocycles. The number of hydrogen-bond acceptors (Lipinski definition) is 3. The third-order valence-corrected chi connectivity index (χ3v) is 5.66. The van der Waals surface area contributed by atoms with Crippen LogP contribution in [0, 0.1) is 0 Å². The molecule has 118 valence electrons. The van der Waals surface area contributed by atoms with Gasteiger partial charge >= 0.3 is 0 Å². The Bertz CT molecular complexity index is 598. The van der Waals surface area contributed by atoms with E-state index < -0.39 is 0 Å². The van der Waals surface area contributed by atoms with Crippen molar-refractivity contribution in [1.29, 1.82) is 0 Å². The lowest BCUT2D eigenvalue weighted by atomic mass is 9.94. The normalized spacial score (nSPS) is 16.0. The third-order valence-electron chi connectivity index (χ3n) is 4.57. The Labute approximate surface area is 136 Å². The van der Waals surface area contributed by atoms with Gasteiger partial charge in [0.05, 0.1) is 15.2 Å². The summed E-state index contributed by atoms with van der Waals surface area (Å²) in [6.07, 6.45) is 7.58. The number of hydrogen-bond donors (Lipinski definition) is 0. The maximum Gasteiger partial charge on any atom is 0.223 e. The van der Waals surface area contributed by atoms with E-state index in [4.69, 9.17) is 0 Å². The fourth-order valence-electron chi connectivity index (χ4n) is 3.42. The molecule has 1 heterocycles. The van der Waals surface area contributed by atoms with Crippen LogP contribution in [0.25, 0.3) is 10.2 Å². The minimum atomic E-state index is 0.300. The van der Waals surface area contributed by atoms with Crippen molar-refractivity contribution in [3.63, 3.8) is 0 Å². The van der Waals surface area contributed by atoms with Gasteiger partial charge in [-0.25, -0.2) is 4.98 Å². The fourth-order valence-corrected chi connectivity index (χ4v) is 4.38. The van der Waals surface area contributed by atoms with Gasteiger partial charge in [0.1, 0.15) is 0 Å². The van der Waals surface area contributed by atoms with Gasteiger partial charge in [0.2, 0.25) is 5.91 Å². The molecular formula is C18H24N2OS. The number of fused-ring (bicyclic) bond motifs is 1. The van der Waals surface area contributed by atoms with Gasteiger partial charge in [0, 0.05) is 25.4 Å². The molecule has 0 radical (unpaired) electrons. The Morgan fingerprint density at radius 3 is 2.77 bits per heavy atom. The largest absolute Gasteiger partial charge is 0.340 e. The Balaban J connectivity index is 1.60. The number of nitrogens with zero attached hydrogens (tertiary/aromatic N) is 2. The molecule has 0 N–H and O–H groups in total. The predicted octanol–water partition coefficient (Wildman–Crippen LogP) is 4.41. The van der Waals surface area contributed by atoms with Crippen molar-refractivity contribution in [2.45, 2.75) is 57.9 Å². The Kier molecular flexibility index (Phi) is 5.08. The summed E-state index contributed by atoms with van der Waals surface area (Å²) in [5, 5.41) is 1.08. The van der Waals surface area contributed by atoms with Crippen molar-refractivity contribution in [1.82, 2.24) is 9.88 Å². The molecule has 1 aromatic carbocycles. The van der Waals surface area contributed by atoms with Gasteiger partial charge in [-0.3, -0.25) is 4.79 Å². The van der Waals surface area contributed by atoms with Crippen LogP contribution in [0.5, 0.6) is 0 Å². The number of amides is 1. The molecule has 1 aliphatic rings. The third kappa shape index (κ3) is 3.49. The van der Waals surface area contributed by atoms with E-state index in [9.17, 15) is 4.79 Å². The Morgan fingerprint density at radius 2 is 2.05 bits per heavy atom. The molecule has 3 nitrogen and oxygen atoms in total. The van der Waals surface area contributed by atoms with Crippen LogP contribution in [0.1, 0.15) is 50.5 Å². The number of para-hydroxylation sites is 1. The number of carbonyl (C=O) groups excluding carboxylic acids is 1. The molecule has 0 unspecified atom stereocenters. The highest BCUT2D eigenvalue weighted by atomic mass is 32.1. The molecule has 3 rings (SSSR count). The molecule has 0 saturated heterocycles. The minimum absolute atomic E-state index is 0.300. The van der Waals surface area contributed by atoms with E-state index in [1.807, 2.05) is 18.2 Å². The summed E-state index contributed by atoms with van der Waals surface area (Å²) in [7, 11) is 0. The van der Waals surface area contributed by atoms with Crippen LogP contribution in [0.3, 0.4) is 0 Å². The van der Waals surface area contributed by atoms with Crippen LogP contribution in [0.15, 0.2) is 24.3 Å². The highest BCUT2D eigenvalue weighted by molar-refractivity contribution is 7.18. The first-order chi connectivity index (χ1) is 10.8. The number of aromatic nitrogens is 1. The molecule has 4 heteroatoms. The van der Waals surface area contributed by atoms with Crippen LogP contribution in [-0.2, 0) is 11.2 Å². The van der Waals surface area contributed by atoms with Gasteiger partial charge in [0.15, 0.2) is 0 Å². The van der Waals surface area contributed by atoms with Crippen LogP contribution >= 0.6 is 11.3 Å². The minimum Gasteiger partial charge on any atom is -0.340 e. The Morgan fingerprint density at radius 1 is 1.27 bits per heavy atom. The second-order valence-corrected chi connectivity index (χ2v) is 7.16. The summed E-state index contributed by atoms with van der Waals surface area (Å²) < 4.78 is 1.21. The summed E-state index contributed by atoms with van der Waals surface area (Å²) in [4.78, 5) is 19.3. The van der Waals surface area contributed by atoms with Crippen LogP contribution in [-0.4, -0.2) is 28.4 Å². The molecule has 1 aliphatic carbocycles. The zero-order chi connectivity index (χ0) is 15.4. The van der Waals surface area contributed by atoms with Gasteiger partial charge in [0.25, 0.3) is 0 Å². The number of rotatable bonds is 5. The average molecular weight is 316 g/mol. The summed E-state index contributed by atoms with van der Waals surface area (Å²) in [5.41, 5.74) is 1.05. The molecule has 0 aliphatic heterocycles. The lowest BCUT2D eigenvalue weighted by Gasteiger charge is -2.33.